The third kappa shape index (κ3) is 6.06. The Hall–Kier alpha value is -3.56. The van der Waals surface area contributed by atoms with Crippen LogP contribution in [0.5, 0.6) is 5.75 Å². The lowest BCUT2D eigenvalue weighted by Crippen LogP contribution is -2.22. The molecule has 2 heterocycles. The van der Waals surface area contributed by atoms with Gasteiger partial charge in [0.15, 0.2) is 5.16 Å². The van der Waals surface area contributed by atoms with Gasteiger partial charge in [-0.25, -0.2) is 4.98 Å². The Labute approximate surface area is 206 Å². The fraction of sp³-hybridized carbons (Fsp3) is 0.160. The number of carbonyl (C=O) groups is 2. The van der Waals surface area contributed by atoms with Crippen molar-refractivity contribution in [2.45, 2.75) is 18.6 Å². The van der Waals surface area contributed by atoms with E-state index in [0.717, 1.165) is 10.6 Å². The first-order valence-electron chi connectivity index (χ1n) is 10.7. The molecule has 0 spiro atoms. The number of aromatic nitrogens is 2. The third-order valence-corrected chi connectivity index (χ3v) is 6.63. The van der Waals surface area contributed by atoms with Crippen molar-refractivity contribution in [2.24, 2.45) is 0 Å². The molecule has 0 bridgehead atoms. The minimum Gasteiger partial charge on any atom is -0.492 e. The van der Waals surface area contributed by atoms with Gasteiger partial charge in [0.25, 0.3) is 5.91 Å². The fourth-order valence-corrected chi connectivity index (χ4v) is 4.66. The quantitative estimate of drug-likeness (QED) is 0.305. The second kappa shape index (κ2) is 11.5. The summed E-state index contributed by atoms with van der Waals surface area (Å²) in [6.45, 7) is 2.91. The summed E-state index contributed by atoms with van der Waals surface area (Å²) in [7, 11) is 0. The van der Waals surface area contributed by atoms with E-state index < -0.39 is 0 Å². The number of nitrogens with zero attached hydrogens (tertiary/aromatic N) is 2. The zero-order valence-electron chi connectivity index (χ0n) is 18.6. The predicted octanol–water partition coefficient (Wildman–Crippen LogP) is 4.99. The van der Waals surface area contributed by atoms with Gasteiger partial charge in [-0.3, -0.25) is 14.2 Å². The van der Waals surface area contributed by atoms with Gasteiger partial charge in [-0.15, -0.1) is 11.3 Å². The first-order valence-corrected chi connectivity index (χ1v) is 12.6. The van der Waals surface area contributed by atoms with E-state index in [2.05, 4.69) is 15.6 Å². The Kier molecular flexibility index (Phi) is 8.00. The van der Waals surface area contributed by atoms with Crippen LogP contribution < -0.4 is 15.4 Å². The highest BCUT2D eigenvalue weighted by molar-refractivity contribution is 7.99. The third-order valence-electron chi connectivity index (χ3n) is 4.79. The van der Waals surface area contributed by atoms with Gasteiger partial charge >= 0.3 is 0 Å². The summed E-state index contributed by atoms with van der Waals surface area (Å²) in [6.07, 6.45) is 3.49. The number of imidazole rings is 1. The predicted molar refractivity (Wildman–Crippen MR) is 136 cm³/mol. The topological polar surface area (TPSA) is 85.2 Å². The van der Waals surface area contributed by atoms with Gasteiger partial charge < -0.3 is 15.4 Å². The molecule has 9 heteroatoms. The van der Waals surface area contributed by atoms with Gasteiger partial charge in [0.1, 0.15) is 5.75 Å². The number of anilines is 1. The summed E-state index contributed by atoms with van der Waals surface area (Å²) >= 11 is 2.92. The number of ether oxygens (including phenoxy) is 1. The Balaban J connectivity index is 1.39. The molecule has 174 valence electrons. The summed E-state index contributed by atoms with van der Waals surface area (Å²) in [4.78, 5) is 30.6. The Morgan fingerprint density at radius 3 is 2.82 bits per heavy atom. The van der Waals surface area contributed by atoms with E-state index in [4.69, 9.17) is 4.74 Å². The fourth-order valence-electron chi connectivity index (χ4n) is 3.24. The Morgan fingerprint density at radius 2 is 2.00 bits per heavy atom. The molecule has 0 saturated heterocycles. The number of carbonyl (C=O) groups excluding carboxylic acids is 2. The molecule has 34 heavy (non-hydrogen) atoms. The molecule has 2 amide bonds. The van der Waals surface area contributed by atoms with Crippen molar-refractivity contribution in [3.05, 3.63) is 88.9 Å². The zero-order chi connectivity index (χ0) is 23.8. The van der Waals surface area contributed by atoms with E-state index in [-0.39, 0.29) is 17.6 Å². The van der Waals surface area contributed by atoms with Crippen molar-refractivity contribution in [3.8, 4) is 11.4 Å². The summed E-state index contributed by atoms with van der Waals surface area (Å²) in [5.74, 6) is 0.516. The van der Waals surface area contributed by atoms with Crippen LogP contribution >= 0.6 is 23.1 Å². The largest absolute Gasteiger partial charge is 0.492 e. The molecule has 0 unspecified atom stereocenters. The van der Waals surface area contributed by atoms with Crippen molar-refractivity contribution in [2.75, 3.05) is 17.7 Å². The summed E-state index contributed by atoms with van der Waals surface area (Å²) in [5.41, 5.74) is 1.99. The van der Waals surface area contributed by atoms with E-state index in [1.165, 1.54) is 11.8 Å². The molecule has 0 aliphatic heterocycles. The molecule has 4 rings (SSSR count). The van der Waals surface area contributed by atoms with Gasteiger partial charge in [-0.1, -0.05) is 36.0 Å². The lowest BCUT2D eigenvalue weighted by atomic mass is 10.2. The van der Waals surface area contributed by atoms with Crippen LogP contribution in [0.2, 0.25) is 0 Å². The van der Waals surface area contributed by atoms with E-state index in [9.17, 15) is 9.59 Å². The smallest absolute Gasteiger partial charge is 0.251 e. The minimum atomic E-state index is -0.159. The second-order valence-electron chi connectivity index (χ2n) is 7.16. The molecule has 2 N–H and O–H groups in total. The van der Waals surface area contributed by atoms with Crippen molar-refractivity contribution in [1.82, 2.24) is 14.9 Å². The van der Waals surface area contributed by atoms with Gasteiger partial charge in [0, 0.05) is 28.5 Å². The number of amides is 2. The number of thiophene rings is 1. The number of nitrogens with one attached hydrogen (secondary N) is 2. The van der Waals surface area contributed by atoms with E-state index in [1.54, 1.807) is 23.6 Å². The van der Waals surface area contributed by atoms with Gasteiger partial charge in [0.05, 0.1) is 24.6 Å². The van der Waals surface area contributed by atoms with Gasteiger partial charge in [-0.05, 0) is 48.7 Å². The average Bonchev–Trinajstić information content (AvgIpc) is 3.55. The molecule has 2 aromatic heterocycles. The van der Waals surface area contributed by atoms with E-state index >= 15 is 0 Å². The molecule has 0 radical (unpaired) electrons. The van der Waals surface area contributed by atoms with Gasteiger partial charge in [0.2, 0.25) is 5.91 Å². The van der Waals surface area contributed by atoms with Crippen LogP contribution in [0.4, 0.5) is 5.69 Å². The lowest BCUT2D eigenvalue weighted by molar-refractivity contribution is -0.113. The molecule has 0 saturated carbocycles. The minimum absolute atomic E-state index is 0.142. The number of hydrogen-bond donors (Lipinski definition) is 2. The maximum Gasteiger partial charge on any atom is 0.251 e. The Bertz CT molecular complexity index is 1250. The highest BCUT2D eigenvalue weighted by Gasteiger charge is 2.13. The molecule has 0 fully saturated rings. The molecule has 0 aliphatic rings. The maximum absolute atomic E-state index is 12.6. The zero-order valence-corrected chi connectivity index (χ0v) is 20.2. The summed E-state index contributed by atoms with van der Waals surface area (Å²) in [5, 5.41) is 8.48. The van der Waals surface area contributed by atoms with Crippen molar-refractivity contribution < 1.29 is 14.3 Å². The molecular weight excluding hydrogens is 468 g/mol. The van der Waals surface area contributed by atoms with E-state index in [0.29, 0.717) is 35.3 Å². The molecule has 0 atom stereocenters. The monoisotopic (exact) mass is 492 g/mol. The molecule has 2 aromatic carbocycles. The van der Waals surface area contributed by atoms with Crippen LogP contribution in [0.3, 0.4) is 0 Å². The molecule has 7 nitrogen and oxygen atoms in total. The number of benzene rings is 2. The van der Waals surface area contributed by atoms with Crippen LogP contribution in [0.1, 0.15) is 22.2 Å². The maximum atomic E-state index is 12.6. The normalized spacial score (nSPS) is 10.6. The van der Waals surface area contributed by atoms with Crippen molar-refractivity contribution in [1.29, 1.82) is 0 Å². The standard InChI is InChI=1S/C25H24N4O3S2/c1-2-32-22-11-4-3-10-21(22)28-23(30)17-34-25-26-12-13-29(25)19-8-5-7-18(15-19)24(31)27-16-20-9-6-14-33-20/h3-15H,2,16-17H2,1H3,(H,27,31)(H,28,30). The summed E-state index contributed by atoms with van der Waals surface area (Å²) < 4.78 is 7.43. The first-order chi connectivity index (χ1) is 16.6. The highest BCUT2D eigenvalue weighted by atomic mass is 32.2. The second-order valence-corrected chi connectivity index (χ2v) is 9.13. The van der Waals surface area contributed by atoms with E-state index in [1.807, 2.05) is 77.7 Å². The number of hydrogen-bond acceptors (Lipinski definition) is 6. The first kappa shape index (κ1) is 23.6. The highest BCUT2D eigenvalue weighted by Crippen LogP contribution is 2.25. The Morgan fingerprint density at radius 1 is 1.12 bits per heavy atom. The number of para-hydroxylation sites is 2. The number of rotatable bonds is 10. The van der Waals surface area contributed by atoms with Crippen molar-refractivity contribution >= 4 is 40.6 Å². The van der Waals surface area contributed by atoms with Crippen LogP contribution in [-0.4, -0.2) is 33.7 Å². The average molecular weight is 493 g/mol. The van der Waals surface area contributed by atoms with Crippen LogP contribution in [-0.2, 0) is 11.3 Å². The lowest BCUT2D eigenvalue weighted by Gasteiger charge is -2.12. The van der Waals surface area contributed by atoms with Gasteiger partial charge in [-0.2, -0.15) is 0 Å². The van der Waals surface area contributed by atoms with Crippen LogP contribution in [0.25, 0.3) is 5.69 Å². The van der Waals surface area contributed by atoms with Crippen molar-refractivity contribution in [3.63, 3.8) is 0 Å². The van der Waals surface area contributed by atoms with Crippen LogP contribution in [0.15, 0.2) is 83.6 Å². The molecule has 4 aromatic rings. The SMILES string of the molecule is CCOc1ccccc1NC(=O)CSc1nccn1-c1cccc(C(=O)NCc2cccs2)c1. The molecular formula is C25H24N4O3S2. The number of thioether (sulfide) groups is 1. The molecule has 0 aliphatic carbocycles. The van der Waals surface area contributed by atoms with Crippen LogP contribution in [0, 0.1) is 0 Å². The summed E-state index contributed by atoms with van der Waals surface area (Å²) in [6, 6.07) is 18.6.